The molecule has 0 spiro atoms. The molecule has 0 amide bonds. The Morgan fingerprint density at radius 3 is 1.44 bits per heavy atom. The zero-order valence-corrected chi connectivity index (χ0v) is 30.1. The lowest BCUT2D eigenvalue weighted by atomic mass is 10.0. The number of benzene rings is 2. The number of aryl methyl sites for hydroxylation is 2. The number of nitrogens with zero attached hydrogens (tertiary/aromatic N) is 7. The number of rotatable bonds is 7. The van der Waals surface area contributed by atoms with Gasteiger partial charge in [0.05, 0.1) is 24.8 Å². The number of nitrogens with two attached hydrogens (primary N) is 1. The van der Waals surface area contributed by atoms with Gasteiger partial charge in [-0.3, -0.25) is 19.9 Å². The fraction of sp³-hybridized carbons (Fsp3) is 0.667. The molecule has 4 heterocycles. The molecule has 0 atom stereocenters. The van der Waals surface area contributed by atoms with Crippen LogP contribution in [0.2, 0.25) is 0 Å². The van der Waals surface area contributed by atoms with Gasteiger partial charge in [0, 0.05) is 120 Å². The minimum atomic E-state index is -0.380. The van der Waals surface area contributed by atoms with Crippen LogP contribution in [0.25, 0.3) is 0 Å². The van der Waals surface area contributed by atoms with Gasteiger partial charge in [-0.05, 0) is 70.8 Å². The van der Waals surface area contributed by atoms with Gasteiger partial charge in [0.25, 0.3) is 0 Å². The van der Waals surface area contributed by atoms with Gasteiger partial charge in [-0.15, -0.1) is 0 Å². The molecule has 0 aromatic heterocycles. The molecule has 12 heteroatoms. The van der Waals surface area contributed by atoms with Crippen LogP contribution in [-0.4, -0.2) is 143 Å². The molecule has 2 aromatic carbocycles. The molecule has 0 unspecified atom stereocenters. The average molecular weight is 667 g/mol. The predicted octanol–water partition coefficient (Wildman–Crippen LogP) is 3.93. The van der Waals surface area contributed by atoms with Gasteiger partial charge in [0.2, 0.25) is 0 Å². The topological polar surface area (TPSA) is 107 Å². The fourth-order valence-corrected chi connectivity index (χ4v) is 7.84. The van der Waals surface area contributed by atoms with E-state index in [2.05, 4.69) is 56.5 Å². The van der Waals surface area contributed by atoms with Gasteiger partial charge in [-0.1, -0.05) is 0 Å². The van der Waals surface area contributed by atoms with Crippen molar-refractivity contribution in [1.82, 2.24) is 19.6 Å². The monoisotopic (exact) mass is 666 g/mol. The lowest BCUT2D eigenvalue weighted by molar-refractivity contribution is -0.385. The number of ether oxygens (including phenoxy) is 2. The van der Waals surface area contributed by atoms with E-state index in [1.165, 1.54) is 57.4 Å². The molecule has 4 fully saturated rings. The molecule has 4 aliphatic rings. The molecule has 48 heavy (non-hydrogen) atoms. The molecule has 12 nitrogen and oxygen atoms in total. The number of piperazine rings is 2. The predicted molar refractivity (Wildman–Crippen MR) is 195 cm³/mol. The van der Waals surface area contributed by atoms with Crippen LogP contribution in [0.3, 0.4) is 0 Å². The Morgan fingerprint density at radius 2 is 1.04 bits per heavy atom. The van der Waals surface area contributed by atoms with Gasteiger partial charge in [0.1, 0.15) is 5.75 Å². The Labute approximate surface area is 287 Å². The van der Waals surface area contributed by atoms with Crippen molar-refractivity contribution < 1.29 is 14.4 Å². The molecule has 0 bridgehead atoms. The molecule has 2 N–H and O–H groups in total. The summed E-state index contributed by atoms with van der Waals surface area (Å²) < 4.78 is 10.6. The van der Waals surface area contributed by atoms with Crippen LogP contribution in [0.5, 0.6) is 11.5 Å². The van der Waals surface area contributed by atoms with Crippen molar-refractivity contribution in [3.8, 4) is 11.5 Å². The number of anilines is 3. The molecular formula is C36H58N8O4. The third kappa shape index (κ3) is 8.63. The fourth-order valence-electron chi connectivity index (χ4n) is 7.84. The zero-order valence-electron chi connectivity index (χ0n) is 30.1. The maximum atomic E-state index is 11.2. The summed E-state index contributed by atoms with van der Waals surface area (Å²) in [7, 11) is 7.58. The highest BCUT2D eigenvalue weighted by Gasteiger charge is 2.29. The molecule has 4 aliphatic heterocycles. The van der Waals surface area contributed by atoms with E-state index in [1.54, 1.807) is 13.2 Å². The first kappa shape index (κ1) is 36.0. The summed E-state index contributed by atoms with van der Waals surface area (Å²) in [4.78, 5) is 25.7. The van der Waals surface area contributed by atoms with E-state index in [-0.39, 0.29) is 10.6 Å². The lowest BCUT2D eigenvalue weighted by Crippen LogP contribution is -2.52. The number of nitrogen functional groups attached to an aromatic ring is 1. The van der Waals surface area contributed by atoms with E-state index in [4.69, 9.17) is 15.2 Å². The maximum Gasteiger partial charge on any atom is 0.311 e. The first-order chi connectivity index (χ1) is 23.1. The van der Waals surface area contributed by atoms with Gasteiger partial charge in [0.15, 0.2) is 5.75 Å². The summed E-state index contributed by atoms with van der Waals surface area (Å²) in [6.45, 7) is 17.7. The second-order valence-corrected chi connectivity index (χ2v) is 14.1. The van der Waals surface area contributed by atoms with Crippen molar-refractivity contribution in [1.29, 1.82) is 0 Å². The van der Waals surface area contributed by atoms with Gasteiger partial charge in [-0.25, -0.2) is 0 Å². The summed E-state index contributed by atoms with van der Waals surface area (Å²) in [5.41, 5.74) is 11.3. The summed E-state index contributed by atoms with van der Waals surface area (Å²) in [6.07, 6.45) is 4.77. The third-order valence-corrected chi connectivity index (χ3v) is 11.0. The van der Waals surface area contributed by atoms with E-state index >= 15 is 0 Å². The Bertz CT molecular complexity index is 1360. The van der Waals surface area contributed by atoms with E-state index in [0.717, 1.165) is 93.9 Å². The highest BCUT2D eigenvalue weighted by Crippen LogP contribution is 2.36. The molecule has 2 aromatic rings. The van der Waals surface area contributed by atoms with E-state index in [0.29, 0.717) is 11.8 Å². The number of nitro benzene ring substituents is 1. The number of hydrogen-bond donors (Lipinski definition) is 1. The molecule has 266 valence electrons. The van der Waals surface area contributed by atoms with Crippen LogP contribution in [-0.2, 0) is 0 Å². The third-order valence-electron chi connectivity index (χ3n) is 11.0. The highest BCUT2D eigenvalue weighted by atomic mass is 16.6. The smallest absolute Gasteiger partial charge is 0.311 e. The van der Waals surface area contributed by atoms with Crippen molar-refractivity contribution in [2.45, 2.75) is 51.6 Å². The van der Waals surface area contributed by atoms with Crippen LogP contribution in [0.4, 0.5) is 22.7 Å². The van der Waals surface area contributed by atoms with Gasteiger partial charge < -0.3 is 34.8 Å². The largest absolute Gasteiger partial charge is 0.495 e. The van der Waals surface area contributed by atoms with Crippen molar-refractivity contribution in [2.75, 3.05) is 122 Å². The number of nitro groups is 1. The minimum Gasteiger partial charge on any atom is -0.495 e. The summed E-state index contributed by atoms with van der Waals surface area (Å²) in [5.74, 6) is 1.12. The maximum absolute atomic E-state index is 11.2. The summed E-state index contributed by atoms with van der Waals surface area (Å²) in [5, 5.41) is 11.2. The van der Waals surface area contributed by atoms with Gasteiger partial charge in [-0.2, -0.15) is 0 Å². The quantitative estimate of drug-likeness (QED) is 0.264. The van der Waals surface area contributed by atoms with Gasteiger partial charge >= 0.3 is 5.69 Å². The minimum absolute atomic E-state index is 0.0380. The summed E-state index contributed by atoms with van der Waals surface area (Å²) >= 11 is 0. The molecular weight excluding hydrogens is 608 g/mol. The Morgan fingerprint density at radius 1 is 0.646 bits per heavy atom. The Kier molecular flexibility index (Phi) is 12.3. The van der Waals surface area contributed by atoms with Crippen LogP contribution in [0, 0.1) is 24.0 Å². The number of piperidine rings is 2. The van der Waals surface area contributed by atoms with Crippen LogP contribution in [0.1, 0.15) is 36.8 Å². The van der Waals surface area contributed by atoms with Crippen molar-refractivity contribution in [3.05, 3.63) is 45.5 Å². The van der Waals surface area contributed by atoms with Crippen LogP contribution in [0.15, 0.2) is 24.3 Å². The van der Waals surface area contributed by atoms with E-state index in [1.807, 2.05) is 19.1 Å². The van der Waals surface area contributed by atoms with Crippen LogP contribution < -0.4 is 25.0 Å². The number of methoxy groups -OCH3 is 2. The Hall–Kier alpha value is -3.32. The first-order valence-electron chi connectivity index (χ1n) is 17.7. The average Bonchev–Trinajstić information content (AvgIpc) is 3.09. The standard InChI is InChI=1S/C18H28N4O3.C18H30N4O/c1-14-12-17(22(23)24)18(25-3)13-16(14)21-6-4-15(5-7-21)20-10-8-19(2)9-11-20;1-14-12-16(19)18(23-3)13-17(14)22-6-4-15(5-7-22)21-10-8-20(2)9-11-21/h12-13,15H,4-11H2,1-3H3;12-13,15H,4-11,19H2,1-3H3. The lowest BCUT2D eigenvalue weighted by Gasteiger charge is -2.43. The van der Waals surface area contributed by atoms with Crippen LogP contribution >= 0.6 is 0 Å². The molecule has 4 saturated heterocycles. The van der Waals surface area contributed by atoms with Crippen molar-refractivity contribution >= 4 is 22.7 Å². The molecule has 0 aliphatic carbocycles. The number of likely N-dealkylation sites (N-methyl/N-ethyl adjacent to an activating group) is 2. The first-order valence-corrected chi connectivity index (χ1v) is 17.7. The number of hydrogen-bond acceptors (Lipinski definition) is 11. The van der Waals surface area contributed by atoms with Crippen molar-refractivity contribution in [2.24, 2.45) is 0 Å². The molecule has 0 radical (unpaired) electrons. The molecule has 0 saturated carbocycles. The van der Waals surface area contributed by atoms with E-state index in [9.17, 15) is 10.1 Å². The highest BCUT2D eigenvalue weighted by molar-refractivity contribution is 5.67. The second kappa shape index (κ2) is 16.4. The summed E-state index contributed by atoms with van der Waals surface area (Å²) in [6, 6.07) is 8.98. The zero-order chi connectivity index (χ0) is 34.4. The second-order valence-electron chi connectivity index (χ2n) is 14.1. The normalized spacial score (nSPS) is 21.1. The van der Waals surface area contributed by atoms with E-state index < -0.39 is 0 Å². The molecule has 6 rings (SSSR count). The Balaban J connectivity index is 0.000000188. The van der Waals surface area contributed by atoms with Crippen molar-refractivity contribution in [3.63, 3.8) is 0 Å². The SMILES string of the molecule is COc1cc(N2CCC(N3CCN(C)CC3)CC2)c(C)cc1N.COc1cc(N2CCC(N3CCN(C)CC3)CC2)c(C)cc1[N+](=O)[O-].